The zero-order chi connectivity index (χ0) is 44.1. The van der Waals surface area contributed by atoms with E-state index >= 15 is 8.78 Å². The number of alkyl halides is 1. The number of carbonyl (C=O) groups is 2. The highest BCUT2D eigenvalue weighted by Crippen LogP contribution is 2.34. The Morgan fingerprint density at radius 2 is 1.60 bits per heavy atom. The number of aromatic nitrogens is 8. The molecule has 62 heavy (non-hydrogen) atoms. The molecule has 4 aromatic heterocycles. The summed E-state index contributed by atoms with van der Waals surface area (Å²) in [7, 11) is 1.16. The van der Waals surface area contributed by atoms with Gasteiger partial charge in [0.15, 0.2) is 34.4 Å². The fourth-order valence-electron chi connectivity index (χ4n) is 7.78. The van der Waals surface area contributed by atoms with Crippen molar-refractivity contribution in [3.63, 3.8) is 0 Å². The van der Waals surface area contributed by atoms with E-state index in [1.54, 1.807) is 0 Å². The Balaban J connectivity index is 1.17. The number of hydrogen-bond acceptors (Lipinski definition) is 14. The SMILES string of the molecule is CN(Cc1cc(F)cc(F)c1F)C(=O)c1nn(-c2cc(F)cc([C@@H](CO)NC(=O)c3[nH]nc4ncnc(N[C@@H]5C[C@@H](F)C[C@H]5O)c34)c2F)c2ncnc(N[C@@H]3CC[C@@H](O)[C@H]3O)c12. The Morgan fingerprint density at radius 3 is 2.29 bits per heavy atom. The van der Waals surface area contributed by atoms with Gasteiger partial charge in [-0.3, -0.25) is 14.7 Å². The van der Waals surface area contributed by atoms with Crippen molar-refractivity contribution in [1.82, 2.24) is 50.1 Å². The van der Waals surface area contributed by atoms with E-state index < -0.39 is 119 Å². The third-order valence-electron chi connectivity index (χ3n) is 10.9. The number of H-pyrrole nitrogens is 1. The fraction of sp³-hybridized carbons (Fsp3) is 0.368. The minimum Gasteiger partial charge on any atom is -0.394 e. The molecule has 2 aromatic carbocycles. The molecule has 2 aliphatic carbocycles. The Hall–Kier alpha value is -6.50. The average Bonchev–Trinajstić information content (AvgIpc) is 4.01. The molecule has 2 aliphatic rings. The number of anilines is 2. The summed E-state index contributed by atoms with van der Waals surface area (Å²) >= 11 is 0. The van der Waals surface area contributed by atoms with Crippen LogP contribution in [0.25, 0.3) is 27.8 Å². The first-order chi connectivity index (χ1) is 29.6. The van der Waals surface area contributed by atoms with Crippen molar-refractivity contribution >= 4 is 45.5 Å². The van der Waals surface area contributed by atoms with E-state index in [0.717, 1.165) is 29.3 Å². The molecule has 6 aromatic rings. The highest BCUT2D eigenvalue weighted by molar-refractivity contribution is 6.09. The maximum Gasteiger partial charge on any atom is 0.275 e. The number of hydrogen-bond donors (Lipinski definition) is 8. The highest BCUT2D eigenvalue weighted by Gasteiger charge is 2.37. The summed E-state index contributed by atoms with van der Waals surface area (Å²) in [4.78, 5) is 45.2. The number of rotatable bonds is 12. The normalized spacial score (nSPS) is 21.7. The number of fused-ring (bicyclic) bond motifs is 2. The van der Waals surface area contributed by atoms with Crippen molar-refractivity contribution in [2.45, 2.75) is 74.8 Å². The van der Waals surface area contributed by atoms with Gasteiger partial charge in [0.2, 0.25) is 0 Å². The smallest absolute Gasteiger partial charge is 0.275 e. The van der Waals surface area contributed by atoms with E-state index in [4.69, 9.17) is 0 Å². The summed E-state index contributed by atoms with van der Waals surface area (Å²) in [6.45, 7) is -1.69. The molecule has 2 amide bonds. The molecule has 0 unspecified atom stereocenters. The zero-order valence-corrected chi connectivity index (χ0v) is 32.2. The van der Waals surface area contributed by atoms with E-state index in [1.807, 2.05) is 0 Å². The fourth-order valence-corrected chi connectivity index (χ4v) is 7.78. The minimum atomic E-state index is -1.67. The average molecular weight is 871 g/mol. The lowest BCUT2D eigenvalue weighted by atomic mass is 10.0. The lowest BCUT2D eigenvalue weighted by Gasteiger charge is -2.20. The molecule has 0 radical (unpaired) electrons. The Labute approximate surface area is 345 Å². The van der Waals surface area contributed by atoms with Gasteiger partial charge in [-0.25, -0.2) is 51.0 Å². The van der Waals surface area contributed by atoms with Crippen LogP contribution in [0.5, 0.6) is 0 Å². The first-order valence-electron chi connectivity index (χ1n) is 19.1. The topological polar surface area (TPSA) is 252 Å². The van der Waals surface area contributed by atoms with Gasteiger partial charge < -0.3 is 41.3 Å². The summed E-state index contributed by atoms with van der Waals surface area (Å²) in [5.74, 6) is -8.58. The van der Waals surface area contributed by atoms with Crippen LogP contribution in [0, 0.1) is 29.1 Å². The molecule has 7 atom stereocenters. The third-order valence-corrected chi connectivity index (χ3v) is 10.9. The van der Waals surface area contributed by atoms with Gasteiger partial charge in [0.1, 0.15) is 53.5 Å². The van der Waals surface area contributed by atoms with Crippen LogP contribution in [-0.4, -0.2) is 127 Å². The number of aliphatic hydroxyl groups is 4. The van der Waals surface area contributed by atoms with Crippen LogP contribution in [0.4, 0.5) is 38.0 Å². The van der Waals surface area contributed by atoms with Gasteiger partial charge in [0, 0.05) is 49.7 Å². The lowest BCUT2D eigenvalue weighted by molar-refractivity contribution is 0.0392. The number of aliphatic hydroxyl groups excluding tert-OH is 4. The van der Waals surface area contributed by atoms with Crippen molar-refractivity contribution in [3.8, 4) is 5.69 Å². The van der Waals surface area contributed by atoms with Crippen LogP contribution in [0.15, 0.2) is 36.9 Å². The van der Waals surface area contributed by atoms with Gasteiger partial charge in [0.05, 0.1) is 53.8 Å². The van der Waals surface area contributed by atoms with Crippen molar-refractivity contribution in [1.29, 1.82) is 0 Å². The first kappa shape index (κ1) is 42.2. The van der Waals surface area contributed by atoms with Gasteiger partial charge >= 0.3 is 0 Å². The summed E-state index contributed by atoms with van der Waals surface area (Å²) in [5.41, 5.74) is -2.99. The molecule has 0 spiro atoms. The van der Waals surface area contributed by atoms with Gasteiger partial charge in [-0.15, -0.1) is 0 Å². The van der Waals surface area contributed by atoms with Crippen molar-refractivity contribution in [3.05, 3.63) is 88.5 Å². The lowest BCUT2D eigenvalue weighted by Crippen LogP contribution is -2.34. The van der Waals surface area contributed by atoms with Crippen LogP contribution >= 0.6 is 0 Å². The second-order valence-corrected chi connectivity index (χ2v) is 15.0. The quantitative estimate of drug-likeness (QED) is 0.0650. The monoisotopic (exact) mass is 870 g/mol. The third kappa shape index (κ3) is 7.80. The maximum absolute atomic E-state index is 16.9. The van der Waals surface area contributed by atoms with Crippen LogP contribution in [0.2, 0.25) is 0 Å². The Bertz CT molecular complexity index is 2710. The van der Waals surface area contributed by atoms with E-state index in [9.17, 15) is 47.6 Å². The number of carbonyl (C=O) groups excluding carboxylic acids is 2. The molecule has 2 fully saturated rings. The van der Waals surface area contributed by atoms with Crippen molar-refractivity contribution in [2.24, 2.45) is 0 Å². The second-order valence-electron chi connectivity index (χ2n) is 15.0. The highest BCUT2D eigenvalue weighted by atomic mass is 19.2. The van der Waals surface area contributed by atoms with E-state index in [2.05, 4.69) is 51.2 Å². The van der Waals surface area contributed by atoms with E-state index in [0.29, 0.717) is 24.3 Å². The zero-order valence-electron chi connectivity index (χ0n) is 32.2. The number of nitrogens with zero attached hydrogens (tertiary/aromatic N) is 8. The number of benzene rings is 2. The van der Waals surface area contributed by atoms with E-state index in [1.165, 1.54) is 0 Å². The predicted octanol–water partition coefficient (Wildman–Crippen LogP) is 2.48. The first-order valence-corrected chi connectivity index (χ1v) is 19.1. The summed E-state index contributed by atoms with van der Waals surface area (Å²) in [6.07, 6.45) is -2.35. The largest absolute Gasteiger partial charge is 0.394 e. The summed E-state index contributed by atoms with van der Waals surface area (Å²) < 4.78 is 90.1. The van der Waals surface area contributed by atoms with Crippen LogP contribution in [0.3, 0.4) is 0 Å². The van der Waals surface area contributed by atoms with Gasteiger partial charge in [0.25, 0.3) is 11.8 Å². The van der Waals surface area contributed by atoms with Crippen LogP contribution in [-0.2, 0) is 6.54 Å². The number of nitrogens with one attached hydrogen (secondary N) is 4. The summed E-state index contributed by atoms with van der Waals surface area (Å²) in [5, 5.41) is 60.3. The molecule has 24 heteroatoms. The number of amides is 2. The van der Waals surface area contributed by atoms with E-state index in [-0.39, 0.29) is 65.1 Å². The molecule has 0 saturated heterocycles. The molecule has 326 valence electrons. The van der Waals surface area contributed by atoms with Crippen LogP contribution in [0.1, 0.15) is 63.8 Å². The molecule has 2 saturated carbocycles. The molecular formula is C38H36F6N12O6. The minimum absolute atomic E-state index is 0.00998. The predicted molar refractivity (Wildman–Crippen MR) is 204 cm³/mol. The van der Waals surface area contributed by atoms with Crippen molar-refractivity contribution in [2.75, 3.05) is 24.3 Å². The molecule has 8 N–H and O–H groups in total. The molecule has 4 heterocycles. The van der Waals surface area contributed by atoms with Crippen LogP contribution < -0.4 is 16.0 Å². The van der Waals surface area contributed by atoms with Gasteiger partial charge in [-0.2, -0.15) is 10.2 Å². The Kier molecular flexibility index (Phi) is 11.4. The molecule has 0 bridgehead atoms. The van der Waals surface area contributed by atoms with Crippen molar-refractivity contribution < 1.29 is 56.4 Å². The summed E-state index contributed by atoms with van der Waals surface area (Å²) in [6, 6.07) is -0.859. The molecule has 18 nitrogen and oxygen atoms in total. The number of aromatic amines is 1. The van der Waals surface area contributed by atoms with Gasteiger partial charge in [-0.05, 0) is 25.0 Å². The second kappa shape index (κ2) is 16.8. The molecular weight excluding hydrogens is 834 g/mol. The maximum atomic E-state index is 16.9. The number of halogens is 6. The van der Waals surface area contributed by atoms with Gasteiger partial charge in [-0.1, -0.05) is 0 Å². The Morgan fingerprint density at radius 1 is 0.887 bits per heavy atom. The molecule has 8 rings (SSSR count). The standard InChI is InChI=1S/C38H36F6N12O6/c1-55(10-14-4-15(39)6-19(42)28(14)43)38(62)31-27-34(49-20-2-3-24(58)32(20)60)46-13-48-36(27)56(54-31)23-8-16(40)5-18(29(23)44)22(11-57)51-37(61)30-26-33(45-12-47-35(26)53-52-30)50-21-7-17(41)9-25(21)59/h4-6,8,12-13,17,20-22,24-25,32,57-60H,2-3,7,9-11H2,1H3,(H,51,61)(H,46,48,49)(H2,45,47,50,52,53)/t17-,20-,21-,22-,24-,25-,32+/m1/s1. The molecule has 0 aliphatic heterocycles.